The van der Waals surface area contributed by atoms with Crippen LogP contribution in [0.2, 0.25) is 0 Å². The maximum Gasteiger partial charge on any atom is 0.0466 e. The van der Waals surface area contributed by atoms with E-state index in [1.165, 1.54) is 45.1 Å². The Bertz CT molecular complexity index is 149. The lowest BCUT2D eigenvalue weighted by Crippen LogP contribution is -2.33. The van der Waals surface area contributed by atoms with Crippen LogP contribution in [0.25, 0.3) is 0 Å². The average Bonchev–Trinajstić information content (AvgIpc) is 2.69. The first-order valence-corrected chi connectivity index (χ1v) is 6.69. The van der Waals surface area contributed by atoms with Crippen molar-refractivity contribution in [3.05, 3.63) is 0 Å². The van der Waals surface area contributed by atoms with Crippen molar-refractivity contribution in [3.8, 4) is 0 Å². The average molecular weight is 213 g/mol. The van der Waals surface area contributed by atoms with E-state index < -0.39 is 0 Å². The first kappa shape index (κ1) is 13.0. The molecule has 2 unspecified atom stereocenters. The minimum atomic E-state index is 0.798. The van der Waals surface area contributed by atoms with Crippen LogP contribution >= 0.6 is 0 Å². The van der Waals surface area contributed by atoms with Crippen molar-refractivity contribution in [1.82, 2.24) is 5.32 Å². The molecule has 1 fully saturated rings. The van der Waals surface area contributed by atoms with Gasteiger partial charge in [-0.25, -0.2) is 0 Å². The second kappa shape index (κ2) is 8.12. The topological polar surface area (TPSA) is 21.3 Å². The highest BCUT2D eigenvalue weighted by Gasteiger charge is 2.25. The fourth-order valence-corrected chi connectivity index (χ4v) is 2.57. The first-order chi connectivity index (χ1) is 7.38. The SMILES string of the molecule is CCCNC1CCCC1CCCOCC. The molecule has 0 amide bonds. The molecule has 2 atom stereocenters. The molecule has 1 aliphatic rings. The van der Waals surface area contributed by atoms with Crippen LogP contribution in [-0.2, 0) is 4.74 Å². The fraction of sp³-hybridized carbons (Fsp3) is 1.00. The van der Waals surface area contributed by atoms with Gasteiger partial charge in [0.25, 0.3) is 0 Å². The van der Waals surface area contributed by atoms with Crippen molar-refractivity contribution in [3.63, 3.8) is 0 Å². The van der Waals surface area contributed by atoms with Gasteiger partial charge >= 0.3 is 0 Å². The molecule has 1 saturated carbocycles. The van der Waals surface area contributed by atoms with Crippen molar-refractivity contribution in [2.45, 2.75) is 58.4 Å². The summed E-state index contributed by atoms with van der Waals surface area (Å²) in [6, 6.07) is 0.798. The summed E-state index contributed by atoms with van der Waals surface area (Å²) in [4.78, 5) is 0. The number of nitrogens with one attached hydrogen (secondary N) is 1. The summed E-state index contributed by atoms with van der Waals surface area (Å²) in [5.74, 6) is 0.914. The highest BCUT2D eigenvalue weighted by atomic mass is 16.5. The molecule has 0 bridgehead atoms. The van der Waals surface area contributed by atoms with Crippen LogP contribution in [0.4, 0.5) is 0 Å². The van der Waals surface area contributed by atoms with Crippen LogP contribution in [-0.4, -0.2) is 25.8 Å². The molecule has 15 heavy (non-hydrogen) atoms. The van der Waals surface area contributed by atoms with Gasteiger partial charge in [0, 0.05) is 19.3 Å². The van der Waals surface area contributed by atoms with Crippen molar-refractivity contribution in [2.24, 2.45) is 5.92 Å². The molecule has 0 aromatic carbocycles. The number of hydrogen-bond donors (Lipinski definition) is 1. The van der Waals surface area contributed by atoms with E-state index >= 15 is 0 Å². The summed E-state index contributed by atoms with van der Waals surface area (Å²) >= 11 is 0. The molecule has 0 heterocycles. The summed E-state index contributed by atoms with van der Waals surface area (Å²) in [5, 5.41) is 3.68. The molecular formula is C13H27NO. The summed E-state index contributed by atoms with van der Waals surface area (Å²) in [6.07, 6.45) is 8.07. The van der Waals surface area contributed by atoms with E-state index in [2.05, 4.69) is 19.2 Å². The van der Waals surface area contributed by atoms with Crippen LogP contribution < -0.4 is 5.32 Å². The molecule has 1 N–H and O–H groups in total. The van der Waals surface area contributed by atoms with E-state index in [9.17, 15) is 0 Å². The van der Waals surface area contributed by atoms with Crippen molar-refractivity contribution >= 4 is 0 Å². The summed E-state index contributed by atoms with van der Waals surface area (Å²) in [5.41, 5.74) is 0. The Hall–Kier alpha value is -0.0800. The van der Waals surface area contributed by atoms with E-state index in [-0.39, 0.29) is 0 Å². The Balaban J connectivity index is 2.09. The van der Waals surface area contributed by atoms with Gasteiger partial charge in [0.05, 0.1) is 0 Å². The molecule has 0 radical (unpaired) electrons. The zero-order valence-electron chi connectivity index (χ0n) is 10.4. The summed E-state index contributed by atoms with van der Waals surface area (Å²) in [7, 11) is 0. The Morgan fingerprint density at radius 1 is 1.27 bits per heavy atom. The second-order valence-corrected chi connectivity index (χ2v) is 4.59. The number of rotatable bonds is 8. The number of hydrogen-bond acceptors (Lipinski definition) is 2. The molecule has 0 aromatic rings. The Morgan fingerprint density at radius 3 is 2.87 bits per heavy atom. The summed E-state index contributed by atoms with van der Waals surface area (Å²) < 4.78 is 5.39. The van der Waals surface area contributed by atoms with Crippen molar-refractivity contribution in [2.75, 3.05) is 19.8 Å². The monoisotopic (exact) mass is 213 g/mol. The maximum atomic E-state index is 5.39. The summed E-state index contributed by atoms with van der Waals surface area (Å²) in [6.45, 7) is 7.32. The highest BCUT2D eigenvalue weighted by molar-refractivity contribution is 4.82. The molecule has 0 saturated heterocycles. The first-order valence-electron chi connectivity index (χ1n) is 6.69. The quantitative estimate of drug-likeness (QED) is 0.626. The minimum absolute atomic E-state index is 0.798. The zero-order chi connectivity index (χ0) is 10.9. The van der Waals surface area contributed by atoms with Gasteiger partial charge in [-0.15, -0.1) is 0 Å². The maximum absolute atomic E-state index is 5.39. The van der Waals surface area contributed by atoms with Crippen LogP contribution in [0, 0.1) is 5.92 Å². The highest BCUT2D eigenvalue weighted by Crippen LogP contribution is 2.29. The van der Waals surface area contributed by atoms with Gasteiger partial charge in [0.15, 0.2) is 0 Å². The molecular weight excluding hydrogens is 186 g/mol. The predicted octanol–water partition coefficient (Wildman–Crippen LogP) is 2.97. The van der Waals surface area contributed by atoms with Gasteiger partial charge in [-0.3, -0.25) is 0 Å². The van der Waals surface area contributed by atoms with E-state index in [1.807, 2.05) is 0 Å². The standard InChI is InChI=1S/C13H27NO/c1-3-10-14-13-9-5-7-12(13)8-6-11-15-4-2/h12-14H,3-11H2,1-2H3. The second-order valence-electron chi connectivity index (χ2n) is 4.59. The lowest BCUT2D eigenvalue weighted by atomic mass is 9.98. The molecule has 0 aliphatic heterocycles. The number of ether oxygens (including phenoxy) is 1. The van der Waals surface area contributed by atoms with Crippen LogP contribution in [0.5, 0.6) is 0 Å². The molecule has 2 nitrogen and oxygen atoms in total. The fourth-order valence-electron chi connectivity index (χ4n) is 2.57. The lowest BCUT2D eigenvalue weighted by Gasteiger charge is -2.20. The van der Waals surface area contributed by atoms with Crippen LogP contribution in [0.1, 0.15) is 52.4 Å². The van der Waals surface area contributed by atoms with Gasteiger partial charge in [0.2, 0.25) is 0 Å². The van der Waals surface area contributed by atoms with Gasteiger partial charge in [-0.1, -0.05) is 13.3 Å². The van der Waals surface area contributed by atoms with Crippen LogP contribution in [0.3, 0.4) is 0 Å². The van der Waals surface area contributed by atoms with Gasteiger partial charge < -0.3 is 10.1 Å². The third kappa shape index (κ3) is 4.98. The van der Waals surface area contributed by atoms with Gasteiger partial charge in [-0.2, -0.15) is 0 Å². The Kier molecular flexibility index (Phi) is 7.03. The van der Waals surface area contributed by atoms with Gasteiger partial charge in [-0.05, 0) is 51.5 Å². The molecule has 0 aromatic heterocycles. The third-order valence-electron chi connectivity index (χ3n) is 3.38. The Morgan fingerprint density at radius 2 is 2.13 bits per heavy atom. The molecule has 90 valence electrons. The molecule has 2 heteroatoms. The van der Waals surface area contributed by atoms with Gasteiger partial charge in [0.1, 0.15) is 0 Å². The third-order valence-corrected chi connectivity index (χ3v) is 3.38. The molecule has 0 spiro atoms. The lowest BCUT2D eigenvalue weighted by molar-refractivity contribution is 0.138. The Labute approximate surface area is 94.8 Å². The van der Waals surface area contributed by atoms with E-state index in [0.717, 1.165) is 25.2 Å². The van der Waals surface area contributed by atoms with E-state index in [1.54, 1.807) is 0 Å². The van der Waals surface area contributed by atoms with Crippen molar-refractivity contribution < 1.29 is 4.74 Å². The smallest absolute Gasteiger partial charge is 0.0466 e. The molecule has 1 aliphatic carbocycles. The molecule has 1 rings (SSSR count). The normalized spacial score (nSPS) is 26.0. The zero-order valence-corrected chi connectivity index (χ0v) is 10.4. The predicted molar refractivity (Wildman–Crippen MR) is 65.1 cm³/mol. The van der Waals surface area contributed by atoms with Crippen molar-refractivity contribution in [1.29, 1.82) is 0 Å². The van der Waals surface area contributed by atoms with E-state index in [0.29, 0.717) is 0 Å². The largest absolute Gasteiger partial charge is 0.382 e. The van der Waals surface area contributed by atoms with Crippen LogP contribution in [0.15, 0.2) is 0 Å². The minimum Gasteiger partial charge on any atom is -0.382 e. The van der Waals surface area contributed by atoms with E-state index in [4.69, 9.17) is 4.74 Å².